The van der Waals surface area contributed by atoms with Crippen molar-refractivity contribution >= 4 is 21.4 Å². The van der Waals surface area contributed by atoms with Gasteiger partial charge < -0.3 is 9.47 Å². The third-order valence-electron chi connectivity index (χ3n) is 3.21. The highest BCUT2D eigenvalue weighted by Crippen LogP contribution is 2.27. The van der Waals surface area contributed by atoms with Crippen LogP contribution < -0.4 is 9.46 Å². The zero-order chi connectivity index (χ0) is 16.2. The highest BCUT2D eigenvalue weighted by atomic mass is 32.2. The minimum atomic E-state index is -3.52. The highest BCUT2D eigenvalue weighted by molar-refractivity contribution is 7.91. The quantitative estimate of drug-likeness (QED) is 0.841. The van der Waals surface area contributed by atoms with E-state index in [9.17, 15) is 8.42 Å². The monoisotopic (exact) mass is 341 g/mol. The van der Waals surface area contributed by atoms with Gasteiger partial charge in [-0.05, 0) is 25.1 Å². The molecule has 0 amide bonds. The number of thiophene rings is 1. The molecule has 7 heteroatoms. The van der Waals surface area contributed by atoms with Crippen LogP contribution in [0.25, 0.3) is 0 Å². The first kappa shape index (κ1) is 17.0. The first-order valence-corrected chi connectivity index (χ1v) is 8.99. The first-order chi connectivity index (χ1) is 10.5. The Morgan fingerprint density at radius 3 is 2.50 bits per heavy atom. The third kappa shape index (κ3) is 3.86. The predicted molar refractivity (Wildman–Crippen MR) is 87.0 cm³/mol. The molecule has 120 valence electrons. The molecule has 0 saturated carbocycles. The Hall–Kier alpha value is -1.41. The number of hydrogen-bond acceptors (Lipinski definition) is 5. The lowest BCUT2D eigenvalue weighted by Crippen LogP contribution is -2.29. The van der Waals surface area contributed by atoms with Gasteiger partial charge in [0.25, 0.3) is 0 Å². The standard InChI is InChI=1S/C15H19NO4S2/c1-11-8-9-15(21-11)22(17,18)16-10-14(20-3)12-6-4-5-7-13(12)19-2/h4-9,14,16H,10H2,1-3H3/t14-/m0/s1. The summed E-state index contributed by atoms with van der Waals surface area (Å²) in [6.45, 7) is 2.01. The number of aryl methyl sites for hydroxylation is 1. The van der Waals surface area contributed by atoms with Crippen LogP contribution >= 0.6 is 11.3 Å². The van der Waals surface area contributed by atoms with Gasteiger partial charge in [0.15, 0.2) is 0 Å². The van der Waals surface area contributed by atoms with Gasteiger partial charge in [0.1, 0.15) is 9.96 Å². The Labute approximate surface area is 134 Å². The molecule has 0 radical (unpaired) electrons. The van der Waals surface area contributed by atoms with E-state index in [1.165, 1.54) is 11.3 Å². The summed E-state index contributed by atoms with van der Waals surface area (Å²) in [5.74, 6) is 0.667. The molecular weight excluding hydrogens is 322 g/mol. The van der Waals surface area contributed by atoms with Crippen molar-refractivity contribution in [2.75, 3.05) is 20.8 Å². The second-order valence-electron chi connectivity index (χ2n) is 4.68. The van der Waals surface area contributed by atoms with Crippen LogP contribution in [0.3, 0.4) is 0 Å². The van der Waals surface area contributed by atoms with Crippen LogP contribution in [0, 0.1) is 6.92 Å². The summed E-state index contributed by atoms with van der Waals surface area (Å²) in [4.78, 5) is 0.952. The SMILES string of the molecule is COc1ccccc1[C@H](CNS(=O)(=O)c1ccc(C)s1)OC. The molecule has 0 bridgehead atoms. The largest absolute Gasteiger partial charge is 0.496 e. The third-order valence-corrected chi connectivity index (χ3v) is 6.13. The number of rotatable bonds is 7. The maximum absolute atomic E-state index is 12.3. The van der Waals surface area contributed by atoms with Gasteiger partial charge >= 0.3 is 0 Å². The van der Waals surface area contributed by atoms with Gasteiger partial charge in [-0.2, -0.15) is 0 Å². The molecule has 0 spiro atoms. The lowest BCUT2D eigenvalue weighted by atomic mass is 10.1. The summed E-state index contributed by atoms with van der Waals surface area (Å²) >= 11 is 1.24. The zero-order valence-electron chi connectivity index (χ0n) is 12.7. The van der Waals surface area contributed by atoms with Crippen molar-refractivity contribution in [3.8, 4) is 5.75 Å². The van der Waals surface area contributed by atoms with Crippen LogP contribution in [0.5, 0.6) is 5.75 Å². The molecule has 2 aromatic rings. The average molecular weight is 341 g/mol. The summed E-state index contributed by atoms with van der Waals surface area (Å²) in [5.41, 5.74) is 0.803. The molecule has 0 aliphatic rings. The van der Waals surface area contributed by atoms with Crippen molar-refractivity contribution in [1.82, 2.24) is 4.72 Å². The summed E-state index contributed by atoms with van der Waals surface area (Å²) in [6.07, 6.45) is -0.424. The van der Waals surface area contributed by atoms with E-state index in [-0.39, 0.29) is 6.54 Å². The van der Waals surface area contributed by atoms with Crippen LogP contribution in [-0.4, -0.2) is 29.2 Å². The van der Waals surface area contributed by atoms with E-state index in [1.54, 1.807) is 26.4 Å². The van der Waals surface area contributed by atoms with Gasteiger partial charge in [-0.1, -0.05) is 18.2 Å². The van der Waals surface area contributed by atoms with Crippen LogP contribution in [-0.2, 0) is 14.8 Å². The molecule has 0 saturated heterocycles. The molecule has 5 nitrogen and oxygen atoms in total. The second kappa shape index (κ2) is 7.23. The fourth-order valence-electron chi connectivity index (χ4n) is 2.07. The number of benzene rings is 1. The van der Waals surface area contributed by atoms with Gasteiger partial charge in [0.05, 0.1) is 13.2 Å². The molecule has 1 aromatic heterocycles. The van der Waals surface area contributed by atoms with E-state index in [0.717, 1.165) is 10.4 Å². The Bertz CT molecular complexity index is 725. The molecule has 1 heterocycles. The topological polar surface area (TPSA) is 64.6 Å². The number of hydrogen-bond donors (Lipinski definition) is 1. The van der Waals surface area contributed by atoms with E-state index >= 15 is 0 Å². The molecule has 1 N–H and O–H groups in total. The van der Waals surface area contributed by atoms with Gasteiger partial charge in [0, 0.05) is 24.1 Å². The van der Waals surface area contributed by atoms with E-state index in [4.69, 9.17) is 9.47 Å². The van der Waals surface area contributed by atoms with E-state index in [1.807, 2.05) is 31.2 Å². The highest BCUT2D eigenvalue weighted by Gasteiger charge is 2.21. The van der Waals surface area contributed by atoms with Crippen molar-refractivity contribution in [1.29, 1.82) is 0 Å². The van der Waals surface area contributed by atoms with Crippen molar-refractivity contribution in [3.63, 3.8) is 0 Å². The molecule has 2 rings (SSSR count). The molecule has 0 aliphatic carbocycles. The van der Waals surface area contributed by atoms with Gasteiger partial charge in [-0.25, -0.2) is 13.1 Å². The number of ether oxygens (including phenoxy) is 2. The first-order valence-electron chi connectivity index (χ1n) is 6.69. The Morgan fingerprint density at radius 2 is 1.91 bits per heavy atom. The Kier molecular flexibility index (Phi) is 5.57. The summed E-state index contributed by atoms with van der Waals surface area (Å²) in [6, 6.07) is 10.8. The van der Waals surface area contributed by atoms with Crippen molar-refractivity contribution in [3.05, 3.63) is 46.8 Å². The Morgan fingerprint density at radius 1 is 1.18 bits per heavy atom. The van der Waals surface area contributed by atoms with E-state index in [0.29, 0.717) is 9.96 Å². The fraction of sp³-hybridized carbons (Fsp3) is 0.333. The number of nitrogens with one attached hydrogen (secondary N) is 1. The van der Waals surface area contributed by atoms with Crippen LogP contribution in [0.4, 0.5) is 0 Å². The van der Waals surface area contributed by atoms with Crippen molar-refractivity contribution in [2.24, 2.45) is 0 Å². The summed E-state index contributed by atoms with van der Waals surface area (Å²) in [7, 11) is -0.409. The molecular formula is C15H19NO4S2. The maximum Gasteiger partial charge on any atom is 0.250 e. The lowest BCUT2D eigenvalue weighted by Gasteiger charge is -2.18. The number of para-hydroxylation sites is 1. The van der Waals surface area contributed by atoms with E-state index < -0.39 is 16.1 Å². The number of methoxy groups -OCH3 is 2. The normalized spacial score (nSPS) is 13.0. The van der Waals surface area contributed by atoms with E-state index in [2.05, 4.69) is 4.72 Å². The van der Waals surface area contributed by atoms with Crippen molar-refractivity contribution < 1.29 is 17.9 Å². The predicted octanol–water partition coefficient (Wildman–Crippen LogP) is 2.73. The minimum absolute atomic E-state index is 0.135. The van der Waals surface area contributed by atoms with Crippen LogP contribution in [0.2, 0.25) is 0 Å². The van der Waals surface area contributed by atoms with Gasteiger partial charge in [0.2, 0.25) is 10.0 Å². The molecule has 0 fully saturated rings. The van der Waals surface area contributed by atoms with Crippen LogP contribution in [0.15, 0.2) is 40.6 Å². The molecule has 0 unspecified atom stereocenters. The zero-order valence-corrected chi connectivity index (χ0v) is 14.3. The smallest absolute Gasteiger partial charge is 0.250 e. The average Bonchev–Trinajstić information content (AvgIpc) is 2.96. The fourth-order valence-corrected chi connectivity index (χ4v) is 4.43. The maximum atomic E-state index is 12.3. The lowest BCUT2D eigenvalue weighted by molar-refractivity contribution is 0.105. The summed E-state index contributed by atoms with van der Waals surface area (Å²) in [5, 5.41) is 0. The second-order valence-corrected chi connectivity index (χ2v) is 7.96. The molecule has 0 aliphatic heterocycles. The van der Waals surface area contributed by atoms with Crippen LogP contribution in [0.1, 0.15) is 16.5 Å². The van der Waals surface area contributed by atoms with Gasteiger partial charge in [-0.15, -0.1) is 11.3 Å². The van der Waals surface area contributed by atoms with Crippen molar-refractivity contribution in [2.45, 2.75) is 17.2 Å². The van der Waals surface area contributed by atoms with Gasteiger partial charge in [-0.3, -0.25) is 0 Å². The molecule has 22 heavy (non-hydrogen) atoms. The number of sulfonamides is 1. The minimum Gasteiger partial charge on any atom is -0.496 e. The summed E-state index contributed by atoms with van der Waals surface area (Å²) < 4.78 is 38.1. The Balaban J connectivity index is 2.14. The molecule has 1 aromatic carbocycles. The molecule has 1 atom stereocenters.